The van der Waals surface area contributed by atoms with Crippen molar-refractivity contribution in [3.05, 3.63) is 23.8 Å². The number of anilines is 1. The summed E-state index contributed by atoms with van der Waals surface area (Å²) < 4.78 is 10.4. The van der Waals surface area contributed by atoms with Gasteiger partial charge >= 0.3 is 5.97 Å². The lowest BCUT2D eigenvalue weighted by Crippen LogP contribution is -2.12. The summed E-state index contributed by atoms with van der Waals surface area (Å²) in [6.07, 6.45) is 4.85. The van der Waals surface area contributed by atoms with Crippen molar-refractivity contribution in [1.82, 2.24) is 0 Å². The van der Waals surface area contributed by atoms with Crippen LogP contribution in [0.1, 0.15) is 36.0 Å². The number of esters is 1. The average Bonchev–Trinajstić information content (AvgIpc) is 2.83. The van der Waals surface area contributed by atoms with E-state index in [0.29, 0.717) is 17.0 Å². The van der Waals surface area contributed by atoms with E-state index < -0.39 is 0 Å². The SMILES string of the molecule is COC(=O)c1ccc(OC2CCCC2)c(N)c1. The molecule has 1 aliphatic rings. The van der Waals surface area contributed by atoms with Crippen molar-refractivity contribution in [3.63, 3.8) is 0 Å². The predicted octanol–water partition coefficient (Wildman–Crippen LogP) is 2.38. The van der Waals surface area contributed by atoms with Crippen molar-refractivity contribution in [2.45, 2.75) is 31.8 Å². The Labute approximate surface area is 101 Å². The molecule has 0 unspecified atom stereocenters. The van der Waals surface area contributed by atoms with E-state index in [2.05, 4.69) is 4.74 Å². The first-order valence-electron chi connectivity index (χ1n) is 5.85. The van der Waals surface area contributed by atoms with Gasteiger partial charge in [-0.1, -0.05) is 0 Å². The van der Waals surface area contributed by atoms with Crippen molar-refractivity contribution >= 4 is 11.7 Å². The Hall–Kier alpha value is -1.71. The quantitative estimate of drug-likeness (QED) is 0.645. The summed E-state index contributed by atoms with van der Waals surface area (Å²) in [5.41, 5.74) is 6.79. The van der Waals surface area contributed by atoms with E-state index >= 15 is 0 Å². The molecule has 0 spiro atoms. The number of hydrogen-bond acceptors (Lipinski definition) is 4. The highest BCUT2D eigenvalue weighted by atomic mass is 16.5. The smallest absolute Gasteiger partial charge is 0.337 e. The average molecular weight is 235 g/mol. The molecule has 17 heavy (non-hydrogen) atoms. The molecule has 1 fully saturated rings. The van der Waals surface area contributed by atoms with Gasteiger partial charge in [0.05, 0.1) is 24.5 Å². The Bertz CT molecular complexity index is 411. The van der Waals surface area contributed by atoms with E-state index in [0.717, 1.165) is 12.8 Å². The molecule has 0 bridgehead atoms. The molecule has 4 nitrogen and oxygen atoms in total. The Morgan fingerprint density at radius 3 is 2.65 bits per heavy atom. The molecule has 1 aromatic rings. The summed E-state index contributed by atoms with van der Waals surface area (Å²) in [4.78, 5) is 11.3. The fourth-order valence-corrected chi connectivity index (χ4v) is 2.09. The summed E-state index contributed by atoms with van der Waals surface area (Å²) in [7, 11) is 1.35. The minimum Gasteiger partial charge on any atom is -0.488 e. The number of rotatable bonds is 3. The molecule has 4 heteroatoms. The summed E-state index contributed by atoms with van der Waals surface area (Å²) in [6.45, 7) is 0. The molecule has 2 rings (SSSR count). The van der Waals surface area contributed by atoms with Gasteiger partial charge in [-0.2, -0.15) is 0 Å². The third kappa shape index (κ3) is 2.70. The number of carbonyl (C=O) groups excluding carboxylic acids is 1. The maximum absolute atomic E-state index is 11.3. The molecular formula is C13H17NO3. The molecule has 0 atom stereocenters. The number of benzene rings is 1. The van der Waals surface area contributed by atoms with Crippen LogP contribution in [0.4, 0.5) is 5.69 Å². The lowest BCUT2D eigenvalue weighted by Gasteiger charge is -2.15. The highest BCUT2D eigenvalue weighted by molar-refractivity contribution is 5.90. The third-order valence-corrected chi connectivity index (χ3v) is 3.03. The van der Waals surface area contributed by atoms with Crippen LogP contribution in [-0.4, -0.2) is 19.2 Å². The molecule has 0 aromatic heterocycles. The number of ether oxygens (including phenoxy) is 2. The largest absolute Gasteiger partial charge is 0.488 e. The summed E-state index contributed by atoms with van der Waals surface area (Å²) in [6, 6.07) is 5.00. The van der Waals surface area contributed by atoms with Gasteiger partial charge in [0.25, 0.3) is 0 Å². The van der Waals surface area contributed by atoms with Crippen LogP contribution in [0.25, 0.3) is 0 Å². The van der Waals surface area contributed by atoms with Gasteiger partial charge in [0.1, 0.15) is 5.75 Å². The van der Waals surface area contributed by atoms with Gasteiger partial charge in [0.2, 0.25) is 0 Å². The molecule has 0 amide bonds. The molecule has 1 saturated carbocycles. The van der Waals surface area contributed by atoms with E-state index in [-0.39, 0.29) is 12.1 Å². The zero-order valence-corrected chi connectivity index (χ0v) is 9.94. The van der Waals surface area contributed by atoms with Gasteiger partial charge in [-0.05, 0) is 43.9 Å². The van der Waals surface area contributed by atoms with Crippen molar-refractivity contribution in [2.75, 3.05) is 12.8 Å². The van der Waals surface area contributed by atoms with Crippen LogP contribution in [0.3, 0.4) is 0 Å². The first kappa shape index (κ1) is 11.8. The van der Waals surface area contributed by atoms with Gasteiger partial charge in [-0.25, -0.2) is 4.79 Å². The zero-order valence-electron chi connectivity index (χ0n) is 9.94. The fourth-order valence-electron chi connectivity index (χ4n) is 2.09. The van der Waals surface area contributed by atoms with E-state index in [9.17, 15) is 4.79 Å². The lowest BCUT2D eigenvalue weighted by molar-refractivity contribution is 0.0600. The molecular weight excluding hydrogens is 218 g/mol. The van der Waals surface area contributed by atoms with Gasteiger partial charge < -0.3 is 15.2 Å². The van der Waals surface area contributed by atoms with E-state index in [1.54, 1.807) is 18.2 Å². The van der Waals surface area contributed by atoms with E-state index in [4.69, 9.17) is 10.5 Å². The third-order valence-electron chi connectivity index (χ3n) is 3.03. The Morgan fingerprint density at radius 2 is 2.06 bits per heavy atom. The first-order chi connectivity index (χ1) is 8.20. The maximum Gasteiger partial charge on any atom is 0.337 e. The topological polar surface area (TPSA) is 61.5 Å². The number of methoxy groups -OCH3 is 1. The minimum atomic E-state index is -0.385. The molecule has 0 heterocycles. The van der Waals surface area contributed by atoms with Gasteiger partial charge in [-0.15, -0.1) is 0 Å². The van der Waals surface area contributed by atoms with Crippen LogP contribution in [0, 0.1) is 0 Å². The van der Waals surface area contributed by atoms with E-state index in [1.807, 2.05) is 0 Å². The molecule has 1 aliphatic carbocycles. The molecule has 1 aromatic carbocycles. The summed E-state index contributed by atoms with van der Waals surface area (Å²) in [5.74, 6) is 0.272. The monoisotopic (exact) mass is 235 g/mol. The second-order valence-corrected chi connectivity index (χ2v) is 4.27. The van der Waals surface area contributed by atoms with Crippen LogP contribution in [-0.2, 0) is 4.74 Å². The Balaban J connectivity index is 2.10. The van der Waals surface area contributed by atoms with Crippen LogP contribution in [0.15, 0.2) is 18.2 Å². The van der Waals surface area contributed by atoms with E-state index in [1.165, 1.54) is 20.0 Å². The number of nitrogen functional groups attached to an aromatic ring is 1. The fraction of sp³-hybridized carbons (Fsp3) is 0.462. The maximum atomic E-state index is 11.3. The van der Waals surface area contributed by atoms with Crippen LogP contribution in [0.5, 0.6) is 5.75 Å². The highest BCUT2D eigenvalue weighted by Gasteiger charge is 2.18. The van der Waals surface area contributed by atoms with Gasteiger partial charge in [0, 0.05) is 0 Å². The lowest BCUT2D eigenvalue weighted by atomic mass is 10.2. The number of nitrogens with two attached hydrogens (primary N) is 1. The Kier molecular flexibility index (Phi) is 3.52. The molecule has 2 N–H and O–H groups in total. The second kappa shape index (κ2) is 5.08. The molecule has 0 radical (unpaired) electrons. The highest BCUT2D eigenvalue weighted by Crippen LogP contribution is 2.28. The number of carbonyl (C=O) groups is 1. The predicted molar refractivity (Wildman–Crippen MR) is 65.1 cm³/mol. The van der Waals surface area contributed by atoms with Crippen molar-refractivity contribution in [3.8, 4) is 5.75 Å². The van der Waals surface area contributed by atoms with Crippen LogP contribution >= 0.6 is 0 Å². The summed E-state index contributed by atoms with van der Waals surface area (Å²) in [5, 5.41) is 0. The van der Waals surface area contributed by atoms with Gasteiger partial charge in [0.15, 0.2) is 0 Å². The summed E-state index contributed by atoms with van der Waals surface area (Å²) >= 11 is 0. The molecule has 0 saturated heterocycles. The van der Waals surface area contributed by atoms with Crippen LogP contribution in [0.2, 0.25) is 0 Å². The van der Waals surface area contributed by atoms with Crippen molar-refractivity contribution < 1.29 is 14.3 Å². The first-order valence-corrected chi connectivity index (χ1v) is 5.85. The van der Waals surface area contributed by atoms with Crippen molar-refractivity contribution in [2.24, 2.45) is 0 Å². The van der Waals surface area contributed by atoms with Crippen molar-refractivity contribution in [1.29, 1.82) is 0 Å². The standard InChI is InChI=1S/C13H17NO3/c1-16-13(15)9-6-7-12(11(14)8-9)17-10-4-2-3-5-10/h6-8,10H,2-5,14H2,1H3. The second-order valence-electron chi connectivity index (χ2n) is 4.27. The molecule has 0 aliphatic heterocycles. The van der Waals surface area contributed by atoms with Gasteiger partial charge in [-0.3, -0.25) is 0 Å². The molecule has 92 valence electrons. The number of hydrogen-bond donors (Lipinski definition) is 1. The Morgan fingerprint density at radius 1 is 1.35 bits per heavy atom. The van der Waals surface area contributed by atoms with Crippen LogP contribution < -0.4 is 10.5 Å². The zero-order chi connectivity index (χ0) is 12.3. The normalized spacial score (nSPS) is 15.8. The minimum absolute atomic E-state index is 0.265.